The summed E-state index contributed by atoms with van der Waals surface area (Å²) in [5.41, 5.74) is 0.530. The van der Waals surface area contributed by atoms with E-state index in [1.165, 1.54) is 6.92 Å². The van der Waals surface area contributed by atoms with Gasteiger partial charge in [0.25, 0.3) is 0 Å². The lowest BCUT2D eigenvalue weighted by Gasteiger charge is -2.36. The SMILES string of the molecule is [2H]C(C)(O)C(C(=O)O[C@@]1([2H])CC2CC[C@H](C1)N2C)c1ccccc1. The number of rotatable bonds is 4. The number of piperidine rings is 1. The van der Waals surface area contributed by atoms with Crippen LogP contribution in [0.3, 0.4) is 0 Å². The summed E-state index contributed by atoms with van der Waals surface area (Å²) in [4.78, 5) is 15.0. The van der Waals surface area contributed by atoms with E-state index in [0.717, 1.165) is 12.8 Å². The highest BCUT2D eigenvalue weighted by Gasteiger charge is 2.40. The number of fused-ring (bicyclic) bond motifs is 2. The van der Waals surface area contributed by atoms with Crippen molar-refractivity contribution in [2.75, 3.05) is 7.05 Å². The number of carbonyl (C=O) groups is 1. The number of carbonyl (C=O) groups excluding carboxylic acids is 1. The third-order valence-corrected chi connectivity index (χ3v) is 4.94. The quantitative estimate of drug-likeness (QED) is 0.867. The maximum atomic E-state index is 12.7. The first-order valence-corrected chi connectivity index (χ1v) is 7.92. The minimum absolute atomic E-state index is 0.265. The predicted molar refractivity (Wildman–Crippen MR) is 84.6 cm³/mol. The van der Waals surface area contributed by atoms with E-state index in [2.05, 4.69) is 11.9 Å². The van der Waals surface area contributed by atoms with Crippen LogP contribution in [0.25, 0.3) is 0 Å². The van der Waals surface area contributed by atoms with Gasteiger partial charge in [0.2, 0.25) is 0 Å². The van der Waals surface area contributed by atoms with Crippen LogP contribution in [0.15, 0.2) is 30.3 Å². The number of ether oxygens (including phenoxy) is 1. The van der Waals surface area contributed by atoms with Crippen molar-refractivity contribution in [2.45, 2.75) is 62.8 Å². The molecule has 120 valence electrons. The molecule has 2 aliphatic rings. The normalized spacial score (nSPS) is 36.9. The predicted octanol–water partition coefficient (Wildman–Crippen LogP) is 2.32. The van der Waals surface area contributed by atoms with Crippen LogP contribution in [0.5, 0.6) is 0 Å². The number of hydrogen-bond donors (Lipinski definition) is 1. The number of aliphatic hydroxyl groups is 1. The smallest absolute Gasteiger partial charge is 0.316 e. The molecule has 3 unspecified atom stereocenters. The molecule has 0 aliphatic carbocycles. The molecule has 0 saturated carbocycles. The van der Waals surface area contributed by atoms with Crippen molar-refractivity contribution < 1.29 is 17.4 Å². The van der Waals surface area contributed by atoms with Crippen LogP contribution >= 0.6 is 0 Å². The molecule has 0 aromatic heterocycles. The van der Waals surface area contributed by atoms with Crippen LogP contribution in [0, 0.1) is 0 Å². The molecule has 2 saturated heterocycles. The number of nitrogens with zero attached hydrogens (tertiary/aromatic N) is 1. The zero-order valence-corrected chi connectivity index (χ0v) is 13.2. The Morgan fingerprint density at radius 3 is 2.50 bits per heavy atom. The van der Waals surface area contributed by atoms with Crippen molar-refractivity contribution in [2.24, 2.45) is 0 Å². The summed E-state index contributed by atoms with van der Waals surface area (Å²) in [7, 11) is 2.06. The van der Waals surface area contributed by atoms with Gasteiger partial charge in [-0.25, -0.2) is 0 Å². The first-order chi connectivity index (χ1) is 11.2. The molecule has 0 spiro atoms. The van der Waals surface area contributed by atoms with Gasteiger partial charge in [-0.3, -0.25) is 4.79 Å². The van der Waals surface area contributed by atoms with Gasteiger partial charge in [-0.15, -0.1) is 0 Å². The van der Waals surface area contributed by atoms with E-state index in [0.29, 0.717) is 18.4 Å². The lowest BCUT2D eigenvalue weighted by Crippen LogP contribution is -2.44. The second-order valence-corrected chi connectivity index (χ2v) is 6.40. The fourth-order valence-corrected chi connectivity index (χ4v) is 3.67. The van der Waals surface area contributed by atoms with Crippen LogP contribution in [-0.2, 0) is 9.53 Å². The Kier molecular flexibility index (Phi) is 3.80. The van der Waals surface area contributed by atoms with Crippen molar-refractivity contribution in [3.05, 3.63) is 35.9 Å². The first-order valence-electron chi connectivity index (χ1n) is 8.92. The van der Waals surface area contributed by atoms with Crippen LogP contribution in [0.1, 0.15) is 46.8 Å². The maximum Gasteiger partial charge on any atom is 0.316 e. The van der Waals surface area contributed by atoms with Gasteiger partial charge in [0, 0.05) is 12.1 Å². The van der Waals surface area contributed by atoms with Crippen LogP contribution in [-0.4, -0.2) is 47.3 Å². The van der Waals surface area contributed by atoms with Gasteiger partial charge < -0.3 is 14.7 Å². The van der Waals surface area contributed by atoms with Crippen LogP contribution in [0.2, 0.25) is 0 Å². The molecule has 2 fully saturated rings. The Morgan fingerprint density at radius 1 is 1.36 bits per heavy atom. The van der Waals surface area contributed by atoms with E-state index in [-0.39, 0.29) is 12.1 Å². The molecule has 4 nitrogen and oxygen atoms in total. The molecule has 1 N–H and O–H groups in total. The van der Waals surface area contributed by atoms with Gasteiger partial charge in [-0.05, 0) is 45.2 Å². The lowest BCUT2D eigenvalue weighted by atomic mass is 9.94. The van der Waals surface area contributed by atoms with Crippen molar-refractivity contribution >= 4 is 5.97 Å². The third kappa shape index (κ3) is 3.03. The van der Waals surface area contributed by atoms with E-state index in [1.54, 1.807) is 24.3 Å². The third-order valence-electron chi connectivity index (χ3n) is 4.94. The lowest BCUT2D eigenvalue weighted by molar-refractivity contribution is -0.156. The van der Waals surface area contributed by atoms with E-state index in [4.69, 9.17) is 7.48 Å². The second-order valence-electron chi connectivity index (χ2n) is 6.40. The highest BCUT2D eigenvalue weighted by atomic mass is 16.5. The van der Waals surface area contributed by atoms with Gasteiger partial charge in [0.15, 0.2) is 0 Å². The average molecular weight is 305 g/mol. The zero-order chi connectivity index (χ0) is 17.5. The fraction of sp³-hybridized carbons (Fsp3) is 0.611. The summed E-state index contributed by atoms with van der Waals surface area (Å²) in [6, 6.07) is 9.25. The molecule has 22 heavy (non-hydrogen) atoms. The summed E-state index contributed by atoms with van der Waals surface area (Å²) in [5, 5.41) is 10.2. The van der Waals surface area contributed by atoms with Crippen molar-refractivity contribution in [1.82, 2.24) is 4.90 Å². The molecular weight excluding hydrogens is 278 g/mol. The number of esters is 1. The van der Waals surface area contributed by atoms with E-state index >= 15 is 0 Å². The molecule has 1 aromatic rings. The molecule has 0 radical (unpaired) electrons. The largest absolute Gasteiger partial charge is 0.462 e. The number of hydrogen-bond acceptors (Lipinski definition) is 4. The van der Waals surface area contributed by atoms with Gasteiger partial charge in [0.1, 0.15) is 12.0 Å². The molecular formula is C18H25NO3. The van der Waals surface area contributed by atoms with Crippen LogP contribution < -0.4 is 0 Å². The summed E-state index contributed by atoms with van der Waals surface area (Å²) < 4.78 is 22.1. The second kappa shape index (κ2) is 6.39. The van der Waals surface area contributed by atoms with E-state index in [9.17, 15) is 9.90 Å². The molecule has 2 aliphatic heterocycles. The van der Waals surface area contributed by atoms with E-state index in [1.807, 2.05) is 6.07 Å². The highest BCUT2D eigenvalue weighted by Crippen LogP contribution is 2.36. The summed E-state index contributed by atoms with van der Waals surface area (Å²) in [5.74, 6) is -1.82. The minimum atomic E-state index is -2.00. The molecule has 1 aromatic carbocycles. The summed E-state index contributed by atoms with van der Waals surface area (Å²) >= 11 is 0. The van der Waals surface area contributed by atoms with Crippen molar-refractivity contribution in [3.8, 4) is 0 Å². The van der Waals surface area contributed by atoms with Gasteiger partial charge in [-0.1, -0.05) is 30.3 Å². The Balaban J connectivity index is 1.79. The minimum Gasteiger partial charge on any atom is -0.462 e. The molecule has 4 heteroatoms. The number of benzene rings is 1. The van der Waals surface area contributed by atoms with Gasteiger partial charge in [-0.2, -0.15) is 0 Å². The van der Waals surface area contributed by atoms with Gasteiger partial charge in [0.05, 0.1) is 8.82 Å². The Labute approximate surface area is 134 Å². The maximum absolute atomic E-state index is 12.7. The van der Waals surface area contributed by atoms with Crippen molar-refractivity contribution in [1.29, 1.82) is 0 Å². The molecule has 2 bridgehead atoms. The van der Waals surface area contributed by atoms with E-state index < -0.39 is 24.0 Å². The standard InChI is InChI=1S/C18H25NO3/c1-12(20)17(13-6-4-3-5-7-13)18(21)22-16-10-14-8-9-15(11-16)19(14)2/h3-7,12,14-17,20H,8-11H2,1-2H3/t12?,14-,15?,16-,17?/m1/s1/i12D,16D. The Bertz CT molecular complexity index is 588. The van der Waals surface area contributed by atoms with Crippen molar-refractivity contribution in [3.63, 3.8) is 0 Å². The fourth-order valence-electron chi connectivity index (χ4n) is 3.67. The molecule has 2 heterocycles. The topological polar surface area (TPSA) is 49.8 Å². The highest BCUT2D eigenvalue weighted by molar-refractivity contribution is 5.79. The Morgan fingerprint density at radius 2 is 1.95 bits per heavy atom. The molecule has 0 amide bonds. The monoisotopic (exact) mass is 305 g/mol. The average Bonchev–Trinajstić information content (AvgIpc) is 2.69. The van der Waals surface area contributed by atoms with Crippen LogP contribution in [0.4, 0.5) is 0 Å². The Hall–Kier alpha value is -1.39. The first kappa shape index (κ1) is 13.1. The summed E-state index contributed by atoms with van der Waals surface area (Å²) in [6.07, 6.45) is -0.261. The molecule has 3 rings (SSSR count). The van der Waals surface area contributed by atoms with Gasteiger partial charge >= 0.3 is 5.97 Å². The summed E-state index contributed by atoms with van der Waals surface area (Å²) in [6.45, 7) is 1.28. The molecule has 5 atom stereocenters. The zero-order valence-electron chi connectivity index (χ0n) is 15.2.